The largest absolute Gasteiger partial charge is 0.467 e. The zero-order chi connectivity index (χ0) is 14.0. The molecule has 1 aliphatic rings. The van der Waals surface area contributed by atoms with E-state index < -0.39 is 12.0 Å². The van der Waals surface area contributed by atoms with E-state index in [2.05, 4.69) is 17.0 Å². The van der Waals surface area contributed by atoms with E-state index in [0.29, 0.717) is 10.8 Å². The van der Waals surface area contributed by atoms with Crippen molar-refractivity contribution >= 4 is 23.2 Å². The summed E-state index contributed by atoms with van der Waals surface area (Å²) in [5.41, 5.74) is 1.29. The van der Waals surface area contributed by atoms with Gasteiger partial charge in [-0.2, -0.15) is 0 Å². The fourth-order valence-corrected chi connectivity index (χ4v) is 3.43. The average Bonchev–Trinajstić information content (AvgIpc) is 2.80. The predicted octanol–water partition coefficient (Wildman–Crippen LogP) is 2.16. The number of fused-ring (bicyclic) bond motifs is 1. The highest BCUT2D eigenvalue weighted by Gasteiger charge is 2.22. The fraction of sp³-hybridized carbons (Fsp3) is 0.571. The SMILES string of the molecule is COC(=O)C(C)NC(=O)c1cc2c(s1)CCC(C)C2. The van der Waals surface area contributed by atoms with Gasteiger partial charge in [-0.15, -0.1) is 11.3 Å². The molecule has 2 unspecified atom stereocenters. The van der Waals surface area contributed by atoms with Gasteiger partial charge in [0.05, 0.1) is 12.0 Å². The van der Waals surface area contributed by atoms with Crippen molar-refractivity contribution in [3.05, 3.63) is 21.4 Å². The van der Waals surface area contributed by atoms with Crippen LogP contribution < -0.4 is 5.32 Å². The van der Waals surface area contributed by atoms with Gasteiger partial charge in [-0.05, 0) is 43.7 Å². The molecule has 1 aliphatic carbocycles. The third-order valence-electron chi connectivity index (χ3n) is 3.46. The van der Waals surface area contributed by atoms with Crippen molar-refractivity contribution in [2.45, 2.75) is 39.2 Å². The Morgan fingerprint density at radius 1 is 1.53 bits per heavy atom. The molecule has 1 N–H and O–H groups in total. The highest BCUT2D eigenvalue weighted by molar-refractivity contribution is 7.14. The number of nitrogens with one attached hydrogen (secondary N) is 1. The zero-order valence-electron chi connectivity index (χ0n) is 11.5. The minimum atomic E-state index is -0.615. The number of carbonyl (C=O) groups excluding carboxylic acids is 2. The van der Waals surface area contributed by atoms with E-state index in [1.807, 2.05) is 6.07 Å². The van der Waals surface area contributed by atoms with Crippen molar-refractivity contribution in [1.82, 2.24) is 5.32 Å². The molecule has 19 heavy (non-hydrogen) atoms. The van der Waals surface area contributed by atoms with Gasteiger partial charge in [0.25, 0.3) is 5.91 Å². The Kier molecular flexibility index (Phi) is 4.24. The predicted molar refractivity (Wildman–Crippen MR) is 74.5 cm³/mol. The molecule has 0 radical (unpaired) electrons. The summed E-state index contributed by atoms with van der Waals surface area (Å²) in [6, 6.07) is 1.35. The molecule has 2 atom stereocenters. The van der Waals surface area contributed by atoms with E-state index in [4.69, 9.17) is 0 Å². The van der Waals surface area contributed by atoms with Crippen LogP contribution in [-0.2, 0) is 22.4 Å². The van der Waals surface area contributed by atoms with Crippen LogP contribution in [0.2, 0.25) is 0 Å². The number of hydrogen-bond acceptors (Lipinski definition) is 4. The summed E-state index contributed by atoms with van der Waals surface area (Å²) in [5, 5.41) is 2.66. The lowest BCUT2D eigenvalue weighted by atomic mass is 9.90. The highest BCUT2D eigenvalue weighted by atomic mass is 32.1. The van der Waals surface area contributed by atoms with Gasteiger partial charge in [-0.25, -0.2) is 4.79 Å². The summed E-state index contributed by atoms with van der Waals surface area (Å²) in [6.07, 6.45) is 3.29. The van der Waals surface area contributed by atoms with E-state index >= 15 is 0 Å². The second-order valence-corrected chi connectivity index (χ2v) is 6.26. The summed E-state index contributed by atoms with van der Waals surface area (Å²) >= 11 is 1.54. The molecule has 0 fully saturated rings. The molecule has 0 bridgehead atoms. The number of rotatable bonds is 3. The molecule has 0 aromatic carbocycles. The van der Waals surface area contributed by atoms with Crippen LogP contribution in [0.4, 0.5) is 0 Å². The smallest absolute Gasteiger partial charge is 0.328 e. The lowest BCUT2D eigenvalue weighted by Crippen LogP contribution is -2.38. The molecule has 1 aromatic heterocycles. The number of methoxy groups -OCH3 is 1. The minimum absolute atomic E-state index is 0.190. The van der Waals surface area contributed by atoms with Crippen molar-refractivity contribution in [1.29, 1.82) is 0 Å². The van der Waals surface area contributed by atoms with Crippen LogP contribution in [0.5, 0.6) is 0 Å². The normalized spacial score (nSPS) is 19.4. The Labute approximate surface area is 117 Å². The number of hydrogen-bond donors (Lipinski definition) is 1. The minimum Gasteiger partial charge on any atom is -0.467 e. The Morgan fingerprint density at radius 2 is 2.26 bits per heavy atom. The first kappa shape index (κ1) is 14.1. The maximum atomic E-state index is 12.1. The van der Waals surface area contributed by atoms with Crippen molar-refractivity contribution in [3.8, 4) is 0 Å². The van der Waals surface area contributed by atoms with Gasteiger partial charge in [0.15, 0.2) is 0 Å². The molecule has 2 rings (SSSR count). The monoisotopic (exact) mass is 281 g/mol. The molecule has 0 aliphatic heterocycles. The Hall–Kier alpha value is -1.36. The van der Waals surface area contributed by atoms with Gasteiger partial charge in [0.2, 0.25) is 0 Å². The molecule has 104 valence electrons. The van der Waals surface area contributed by atoms with Gasteiger partial charge in [0, 0.05) is 4.88 Å². The maximum Gasteiger partial charge on any atom is 0.328 e. The highest BCUT2D eigenvalue weighted by Crippen LogP contribution is 2.32. The van der Waals surface area contributed by atoms with Gasteiger partial charge >= 0.3 is 5.97 Å². The summed E-state index contributed by atoms with van der Waals surface area (Å²) < 4.78 is 4.59. The molecule has 0 spiro atoms. The van der Waals surface area contributed by atoms with Crippen LogP contribution >= 0.6 is 11.3 Å². The van der Waals surface area contributed by atoms with E-state index in [1.54, 1.807) is 18.3 Å². The lowest BCUT2D eigenvalue weighted by Gasteiger charge is -2.16. The molecule has 1 amide bonds. The van der Waals surface area contributed by atoms with E-state index in [-0.39, 0.29) is 5.91 Å². The fourth-order valence-electron chi connectivity index (χ4n) is 2.32. The van der Waals surface area contributed by atoms with Crippen molar-refractivity contribution < 1.29 is 14.3 Å². The van der Waals surface area contributed by atoms with Crippen LogP contribution in [0.15, 0.2) is 6.07 Å². The summed E-state index contributed by atoms with van der Waals surface area (Å²) in [4.78, 5) is 25.4. The molecule has 5 heteroatoms. The first-order valence-electron chi connectivity index (χ1n) is 6.51. The summed E-state index contributed by atoms with van der Waals surface area (Å²) in [6.45, 7) is 3.86. The van der Waals surface area contributed by atoms with Crippen LogP contribution in [0.25, 0.3) is 0 Å². The van der Waals surface area contributed by atoms with Crippen molar-refractivity contribution in [2.75, 3.05) is 7.11 Å². The topological polar surface area (TPSA) is 55.4 Å². The quantitative estimate of drug-likeness (QED) is 0.864. The number of thiophene rings is 1. The average molecular weight is 281 g/mol. The number of aryl methyl sites for hydroxylation is 1. The Balaban J connectivity index is 2.06. The van der Waals surface area contributed by atoms with Gasteiger partial charge in [-0.1, -0.05) is 6.92 Å². The first-order valence-corrected chi connectivity index (χ1v) is 7.33. The van der Waals surface area contributed by atoms with Crippen molar-refractivity contribution in [3.63, 3.8) is 0 Å². The molecular weight excluding hydrogens is 262 g/mol. The molecular formula is C14H19NO3S. The molecule has 4 nitrogen and oxygen atoms in total. The number of ether oxygens (including phenoxy) is 1. The molecule has 0 saturated heterocycles. The third-order valence-corrected chi connectivity index (χ3v) is 4.69. The second kappa shape index (κ2) is 5.74. The summed E-state index contributed by atoms with van der Waals surface area (Å²) in [7, 11) is 1.32. The number of carbonyl (C=O) groups is 2. The van der Waals surface area contributed by atoms with Gasteiger partial charge in [-0.3, -0.25) is 4.79 Å². The summed E-state index contributed by atoms with van der Waals surface area (Å²) in [5.74, 6) is 0.0697. The van der Waals surface area contributed by atoms with Crippen LogP contribution in [0.1, 0.15) is 40.4 Å². The number of esters is 1. The molecule has 1 heterocycles. The standard InChI is InChI=1S/C14H19NO3S/c1-8-4-5-11-10(6-8)7-12(19-11)13(16)15-9(2)14(17)18-3/h7-9H,4-6H2,1-3H3,(H,15,16). The van der Waals surface area contributed by atoms with Gasteiger partial charge in [0.1, 0.15) is 6.04 Å². The van der Waals surface area contributed by atoms with E-state index in [0.717, 1.165) is 12.8 Å². The Bertz CT molecular complexity index is 495. The zero-order valence-corrected chi connectivity index (χ0v) is 12.3. The maximum absolute atomic E-state index is 12.1. The first-order chi connectivity index (χ1) is 9.01. The van der Waals surface area contributed by atoms with Crippen LogP contribution in [0.3, 0.4) is 0 Å². The Morgan fingerprint density at radius 3 is 2.95 bits per heavy atom. The van der Waals surface area contributed by atoms with E-state index in [1.165, 1.54) is 24.0 Å². The number of amides is 1. The van der Waals surface area contributed by atoms with E-state index in [9.17, 15) is 9.59 Å². The third kappa shape index (κ3) is 3.15. The van der Waals surface area contributed by atoms with Gasteiger partial charge < -0.3 is 10.1 Å². The van der Waals surface area contributed by atoms with Crippen LogP contribution in [0, 0.1) is 5.92 Å². The van der Waals surface area contributed by atoms with Crippen molar-refractivity contribution in [2.24, 2.45) is 5.92 Å². The molecule has 1 aromatic rings. The lowest BCUT2D eigenvalue weighted by molar-refractivity contribution is -0.142. The van der Waals surface area contributed by atoms with Crippen LogP contribution in [-0.4, -0.2) is 25.0 Å². The molecule has 0 saturated carbocycles. The second-order valence-electron chi connectivity index (χ2n) is 5.13.